The molecule has 0 fully saturated rings. The van der Waals surface area contributed by atoms with E-state index in [1.54, 1.807) is 0 Å². The van der Waals surface area contributed by atoms with Gasteiger partial charge in [-0.05, 0) is 147 Å². The minimum atomic E-state index is -0.643. The highest BCUT2D eigenvalue weighted by Gasteiger charge is 2.50. The van der Waals surface area contributed by atoms with Gasteiger partial charge in [0.2, 0.25) is 5.36 Å². The Morgan fingerprint density at radius 1 is 0.655 bits per heavy atom. The molecule has 1 aliphatic carbocycles. The topological polar surface area (TPSA) is 15.5 Å². The van der Waals surface area contributed by atoms with E-state index < -0.39 is 5.41 Å². The van der Waals surface area contributed by atoms with E-state index in [1.807, 2.05) is 0 Å². The summed E-state index contributed by atoms with van der Waals surface area (Å²) in [5, 5.41) is 7.95. The monoisotopic (exact) mass is 797 g/mol. The number of halogens is 2. The van der Waals surface area contributed by atoms with Crippen molar-refractivity contribution in [2.24, 2.45) is 0 Å². The Bertz CT molecular complexity index is 2900. The van der Waals surface area contributed by atoms with Crippen molar-refractivity contribution >= 4 is 56.0 Å². The van der Waals surface area contributed by atoms with Gasteiger partial charge in [0.15, 0.2) is 0 Å². The molecule has 1 spiro atoms. The average molecular weight is 799 g/mol. The van der Waals surface area contributed by atoms with E-state index in [2.05, 4.69) is 138 Å². The SMILES string of the molecule is Cc1ccccc1C1=c2cc3ccc4c(c3cc2C2(c3ccccc3Oc3ccccc32)c2cc3c5c(ccc3cc21)N(CCCCl)CCC5)CCC[N+]=4CCCCl. The van der Waals surface area contributed by atoms with Crippen LogP contribution < -0.4 is 24.8 Å². The Hall–Kier alpha value is -5.09. The van der Waals surface area contributed by atoms with E-state index in [0.29, 0.717) is 11.8 Å². The van der Waals surface area contributed by atoms with E-state index in [4.69, 9.17) is 27.9 Å². The zero-order valence-corrected chi connectivity index (χ0v) is 34.6. The van der Waals surface area contributed by atoms with Gasteiger partial charge >= 0.3 is 0 Å². The van der Waals surface area contributed by atoms with Crippen molar-refractivity contribution in [3.8, 4) is 11.5 Å². The number of anilines is 1. The molecule has 3 heterocycles. The van der Waals surface area contributed by atoms with Crippen LogP contribution in [0, 0.1) is 6.92 Å². The lowest BCUT2D eigenvalue weighted by Gasteiger charge is -2.45. The fraction of sp³-hybridized carbons (Fsp3) is 0.264. The first-order chi connectivity index (χ1) is 28.6. The number of fused-ring (bicyclic) bond motifs is 14. The Labute approximate surface area is 350 Å². The van der Waals surface area contributed by atoms with Crippen LogP contribution in [0.2, 0.25) is 0 Å². The fourth-order valence-corrected chi connectivity index (χ4v) is 11.3. The highest BCUT2D eigenvalue weighted by atomic mass is 35.5. The van der Waals surface area contributed by atoms with E-state index in [0.717, 1.165) is 76.2 Å². The molecule has 0 N–H and O–H groups in total. The van der Waals surface area contributed by atoms with Gasteiger partial charge in [0, 0.05) is 66.1 Å². The number of ether oxygens (including phenoxy) is 1. The van der Waals surface area contributed by atoms with Crippen LogP contribution in [-0.2, 0) is 18.3 Å². The van der Waals surface area contributed by atoms with Gasteiger partial charge in [0.25, 0.3) is 0 Å². The minimum Gasteiger partial charge on any atom is -0.457 e. The predicted molar refractivity (Wildman–Crippen MR) is 242 cm³/mol. The van der Waals surface area contributed by atoms with Crippen molar-refractivity contribution in [3.63, 3.8) is 0 Å². The molecule has 11 rings (SSSR count). The number of rotatable bonds is 7. The van der Waals surface area contributed by atoms with Crippen LogP contribution in [0.1, 0.15) is 75.8 Å². The number of alkyl halides is 2. The third-order valence-electron chi connectivity index (χ3n) is 13.6. The number of aryl methyl sites for hydroxylation is 3. The third kappa shape index (κ3) is 5.35. The summed E-state index contributed by atoms with van der Waals surface area (Å²) < 4.78 is 9.45. The van der Waals surface area contributed by atoms with Crippen LogP contribution in [0.15, 0.2) is 121 Å². The minimum absolute atomic E-state index is 0.643. The van der Waals surface area contributed by atoms with Crippen molar-refractivity contribution in [1.29, 1.82) is 0 Å². The predicted octanol–water partition coefficient (Wildman–Crippen LogP) is 10.8. The summed E-state index contributed by atoms with van der Waals surface area (Å²) >= 11 is 12.5. The molecule has 58 heavy (non-hydrogen) atoms. The van der Waals surface area contributed by atoms with Crippen LogP contribution in [0.3, 0.4) is 0 Å². The molecule has 4 aliphatic rings. The zero-order valence-electron chi connectivity index (χ0n) is 33.1. The van der Waals surface area contributed by atoms with Crippen LogP contribution in [-0.4, -0.2) is 37.9 Å². The molecule has 0 bridgehead atoms. The lowest BCUT2D eigenvalue weighted by atomic mass is 9.58. The standard InChI is InChI=1S/C53H47Cl2N2O/c1-34-12-2-3-13-37(34)52-42-30-35-20-22-48-38(14-8-26-56(48)28-10-24-54)40(35)32-46(42)53(44-16-4-6-18-50(44)58-51-19-7-5-17-45(51)53)47-33-41-36(31-43(47)52)21-23-49-39(41)15-9-27-57(49)29-11-25-55/h2-7,12-13,16-23,30-33H,8-11,14-15,24-29H2,1H3/q+1. The highest BCUT2D eigenvalue weighted by molar-refractivity contribution is 6.18. The number of hydrogen-bond acceptors (Lipinski definition) is 2. The summed E-state index contributed by atoms with van der Waals surface area (Å²) in [4.78, 5) is 2.57. The van der Waals surface area contributed by atoms with Gasteiger partial charge < -0.3 is 9.64 Å². The molecule has 3 nitrogen and oxygen atoms in total. The first kappa shape index (κ1) is 36.0. The summed E-state index contributed by atoms with van der Waals surface area (Å²) in [6.07, 6.45) is 6.36. The van der Waals surface area contributed by atoms with Crippen molar-refractivity contribution in [2.45, 2.75) is 50.9 Å². The summed E-state index contributed by atoms with van der Waals surface area (Å²) in [6.45, 7) is 6.37. The van der Waals surface area contributed by atoms with Crippen molar-refractivity contribution in [1.82, 2.24) is 4.58 Å². The molecule has 5 heteroatoms. The van der Waals surface area contributed by atoms with Gasteiger partial charge in [-0.15, -0.1) is 23.2 Å². The Kier molecular flexibility index (Phi) is 8.90. The molecule has 0 atom stereocenters. The smallest absolute Gasteiger partial charge is 0.203 e. The second-order valence-corrected chi connectivity index (χ2v) is 17.4. The quantitative estimate of drug-likeness (QED) is 0.118. The molecule has 0 saturated heterocycles. The third-order valence-corrected chi connectivity index (χ3v) is 14.1. The van der Waals surface area contributed by atoms with E-state index in [-0.39, 0.29) is 0 Å². The number of hydrogen-bond donors (Lipinski definition) is 0. The molecule has 0 unspecified atom stereocenters. The number of para-hydroxylation sites is 2. The second-order valence-electron chi connectivity index (χ2n) is 16.7. The molecular weight excluding hydrogens is 752 g/mol. The van der Waals surface area contributed by atoms with Crippen LogP contribution >= 0.6 is 23.2 Å². The van der Waals surface area contributed by atoms with Crippen LogP contribution in [0.4, 0.5) is 5.69 Å². The van der Waals surface area contributed by atoms with E-state index >= 15 is 0 Å². The maximum Gasteiger partial charge on any atom is 0.203 e. The summed E-state index contributed by atoms with van der Waals surface area (Å²) in [7, 11) is 0. The second kappa shape index (κ2) is 14.3. The highest BCUT2D eigenvalue weighted by Crippen LogP contribution is 2.58. The van der Waals surface area contributed by atoms with Gasteiger partial charge in [0.05, 0.1) is 5.41 Å². The maximum atomic E-state index is 6.88. The Morgan fingerprint density at radius 2 is 1.34 bits per heavy atom. The number of benzene rings is 7. The summed E-state index contributed by atoms with van der Waals surface area (Å²) in [5.41, 5.74) is 13.8. The van der Waals surface area contributed by atoms with Gasteiger partial charge in [-0.3, -0.25) is 0 Å². The van der Waals surface area contributed by atoms with E-state index in [1.165, 1.54) is 93.5 Å². The zero-order chi connectivity index (χ0) is 39.0. The maximum absolute atomic E-state index is 6.88. The van der Waals surface area contributed by atoms with Gasteiger partial charge in [-0.2, -0.15) is 0 Å². The molecule has 0 aromatic heterocycles. The molecule has 7 aromatic carbocycles. The Balaban J connectivity index is 1.34. The molecule has 288 valence electrons. The summed E-state index contributed by atoms with van der Waals surface area (Å²) in [6, 6.07) is 46.4. The van der Waals surface area contributed by atoms with Crippen LogP contribution in [0.25, 0.3) is 27.1 Å². The fourth-order valence-electron chi connectivity index (χ4n) is 11.1. The molecule has 0 saturated carbocycles. The largest absolute Gasteiger partial charge is 0.457 e. The van der Waals surface area contributed by atoms with Gasteiger partial charge in [-0.25, -0.2) is 4.58 Å². The average Bonchev–Trinajstić information content (AvgIpc) is 3.26. The van der Waals surface area contributed by atoms with Crippen molar-refractivity contribution in [2.75, 3.05) is 42.8 Å². The van der Waals surface area contributed by atoms with Crippen molar-refractivity contribution < 1.29 is 4.74 Å². The number of nitrogens with zero attached hydrogens (tertiary/aromatic N) is 2. The molecule has 3 aliphatic heterocycles. The normalized spacial score (nSPS) is 16.0. The van der Waals surface area contributed by atoms with Crippen molar-refractivity contribution in [3.05, 3.63) is 182 Å². The van der Waals surface area contributed by atoms with Crippen LogP contribution in [0.5, 0.6) is 11.5 Å². The Morgan fingerprint density at radius 3 is 2.14 bits per heavy atom. The molecule has 0 amide bonds. The summed E-state index contributed by atoms with van der Waals surface area (Å²) in [5.74, 6) is 3.19. The molecule has 7 aromatic rings. The first-order valence-electron chi connectivity index (χ1n) is 21.2. The first-order valence-corrected chi connectivity index (χ1v) is 22.3. The van der Waals surface area contributed by atoms with E-state index in [9.17, 15) is 0 Å². The lowest BCUT2D eigenvalue weighted by Crippen LogP contribution is -2.43. The lowest BCUT2D eigenvalue weighted by molar-refractivity contribution is 0.433. The molecule has 0 radical (unpaired) electrons. The van der Waals surface area contributed by atoms with Gasteiger partial charge in [-0.1, -0.05) is 66.7 Å². The molecular formula is C53H47Cl2N2O+. The van der Waals surface area contributed by atoms with Gasteiger partial charge in [0.1, 0.15) is 24.6 Å².